The zero-order valence-corrected chi connectivity index (χ0v) is 7.25. The molecule has 0 radical (unpaired) electrons. The van der Waals surface area contributed by atoms with E-state index in [4.69, 9.17) is 15.2 Å². The summed E-state index contributed by atoms with van der Waals surface area (Å²) in [6, 6.07) is 0. The summed E-state index contributed by atoms with van der Waals surface area (Å²) in [5.74, 6) is 0.573. The van der Waals surface area contributed by atoms with Gasteiger partial charge in [-0.05, 0) is 25.8 Å². The Labute approximate surface area is 67.9 Å². The van der Waals surface area contributed by atoms with Crippen molar-refractivity contribution >= 4 is 0 Å². The first kappa shape index (κ1) is 8.97. The summed E-state index contributed by atoms with van der Waals surface area (Å²) in [6.07, 6.45) is 2.27. The Morgan fingerprint density at radius 3 is 2.82 bits per heavy atom. The fraction of sp³-hybridized carbons (Fsp3) is 1.00. The highest BCUT2D eigenvalue weighted by Crippen LogP contribution is 2.23. The van der Waals surface area contributed by atoms with Crippen molar-refractivity contribution in [3.05, 3.63) is 0 Å². The lowest BCUT2D eigenvalue weighted by Gasteiger charge is -2.32. The molecule has 0 saturated carbocycles. The van der Waals surface area contributed by atoms with Crippen LogP contribution in [0.4, 0.5) is 0 Å². The van der Waals surface area contributed by atoms with E-state index in [1.807, 2.05) is 0 Å². The zero-order valence-electron chi connectivity index (χ0n) is 7.25. The number of hydrogen-bond donors (Lipinski definition) is 1. The predicted octanol–water partition coefficient (Wildman–Crippen LogP) is 0.733. The van der Waals surface area contributed by atoms with Gasteiger partial charge >= 0.3 is 0 Å². The monoisotopic (exact) mass is 159 g/mol. The van der Waals surface area contributed by atoms with E-state index in [1.54, 1.807) is 7.11 Å². The molecule has 0 aliphatic carbocycles. The molecule has 1 aliphatic rings. The van der Waals surface area contributed by atoms with Crippen LogP contribution in [-0.2, 0) is 9.47 Å². The van der Waals surface area contributed by atoms with Gasteiger partial charge in [-0.25, -0.2) is 0 Å². The van der Waals surface area contributed by atoms with Crippen molar-refractivity contribution in [3.8, 4) is 0 Å². The average Bonchev–Trinajstić information content (AvgIpc) is 2.03. The summed E-state index contributed by atoms with van der Waals surface area (Å²) in [5.41, 5.74) is 5.57. The van der Waals surface area contributed by atoms with E-state index in [0.717, 1.165) is 19.4 Å². The Morgan fingerprint density at radius 1 is 1.55 bits per heavy atom. The van der Waals surface area contributed by atoms with Crippen LogP contribution in [-0.4, -0.2) is 26.0 Å². The van der Waals surface area contributed by atoms with Crippen molar-refractivity contribution in [2.24, 2.45) is 11.7 Å². The van der Waals surface area contributed by atoms with Crippen molar-refractivity contribution in [3.63, 3.8) is 0 Å². The number of ether oxygens (including phenoxy) is 2. The Morgan fingerprint density at radius 2 is 2.27 bits per heavy atom. The Hall–Kier alpha value is -0.120. The largest absolute Gasteiger partial charge is 0.356 e. The normalized spacial score (nSPS) is 39.0. The fourth-order valence-electron chi connectivity index (χ4n) is 1.55. The summed E-state index contributed by atoms with van der Waals surface area (Å²) in [5, 5.41) is 0. The van der Waals surface area contributed by atoms with Crippen LogP contribution < -0.4 is 5.73 Å². The molecule has 66 valence electrons. The van der Waals surface area contributed by atoms with E-state index in [-0.39, 0.29) is 6.29 Å². The molecule has 1 fully saturated rings. The molecule has 1 aliphatic heterocycles. The lowest BCUT2D eigenvalue weighted by molar-refractivity contribution is -0.186. The van der Waals surface area contributed by atoms with Gasteiger partial charge in [-0.15, -0.1) is 0 Å². The van der Waals surface area contributed by atoms with Crippen LogP contribution in [0.1, 0.15) is 19.8 Å². The molecule has 0 aromatic rings. The molecule has 0 amide bonds. The van der Waals surface area contributed by atoms with Crippen LogP contribution in [0.3, 0.4) is 0 Å². The van der Waals surface area contributed by atoms with Crippen LogP contribution in [0, 0.1) is 5.92 Å². The van der Waals surface area contributed by atoms with E-state index in [0.29, 0.717) is 12.0 Å². The zero-order chi connectivity index (χ0) is 8.27. The fourth-order valence-corrected chi connectivity index (χ4v) is 1.55. The molecule has 0 aromatic heterocycles. The molecule has 11 heavy (non-hydrogen) atoms. The third-order valence-corrected chi connectivity index (χ3v) is 2.17. The van der Waals surface area contributed by atoms with Gasteiger partial charge in [0, 0.05) is 13.5 Å². The van der Waals surface area contributed by atoms with Gasteiger partial charge in [0.25, 0.3) is 0 Å². The van der Waals surface area contributed by atoms with Gasteiger partial charge in [0.1, 0.15) is 0 Å². The minimum atomic E-state index is -0.0349. The quantitative estimate of drug-likeness (QED) is 0.646. The van der Waals surface area contributed by atoms with Crippen LogP contribution >= 0.6 is 0 Å². The van der Waals surface area contributed by atoms with E-state index in [2.05, 4.69) is 6.92 Å². The highest BCUT2D eigenvalue weighted by atomic mass is 16.7. The molecular formula is C8H17NO2. The van der Waals surface area contributed by atoms with Gasteiger partial charge in [-0.3, -0.25) is 0 Å². The summed E-state index contributed by atoms with van der Waals surface area (Å²) in [7, 11) is 1.68. The van der Waals surface area contributed by atoms with Crippen LogP contribution in [0.25, 0.3) is 0 Å². The maximum atomic E-state index is 5.57. The molecule has 1 saturated heterocycles. The number of rotatable bonds is 2. The highest BCUT2D eigenvalue weighted by molar-refractivity contribution is 4.71. The smallest absolute Gasteiger partial charge is 0.157 e. The summed E-state index contributed by atoms with van der Waals surface area (Å²) >= 11 is 0. The second-order valence-electron chi connectivity index (χ2n) is 3.19. The maximum Gasteiger partial charge on any atom is 0.157 e. The van der Waals surface area contributed by atoms with Crippen molar-refractivity contribution in [1.29, 1.82) is 0 Å². The Bertz CT molecular complexity index is 107. The van der Waals surface area contributed by atoms with Crippen LogP contribution in [0.15, 0.2) is 0 Å². The van der Waals surface area contributed by atoms with E-state index < -0.39 is 0 Å². The molecule has 0 bridgehead atoms. The lowest BCUT2D eigenvalue weighted by Crippen LogP contribution is -2.35. The number of hydrogen-bond acceptors (Lipinski definition) is 3. The second kappa shape index (κ2) is 4.04. The van der Waals surface area contributed by atoms with Gasteiger partial charge in [-0.1, -0.05) is 0 Å². The van der Waals surface area contributed by atoms with Crippen molar-refractivity contribution in [2.45, 2.75) is 32.2 Å². The Kier molecular flexibility index (Phi) is 3.30. The third kappa shape index (κ3) is 2.43. The predicted molar refractivity (Wildman–Crippen MR) is 43.1 cm³/mol. The number of nitrogens with two attached hydrogens (primary N) is 1. The molecular weight excluding hydrogens is 142 g/mol. The molecule has 0 spiro atoms. The van der Waals surface area contributed by atoms with Gasteiger partial charge in [0.05, 0.1) is 6.10 Å². The van der Waals surface area contributed by atoms with Crippen molar-refractivity contribution in [1.82, 2.24) is 0 Å². The minimum absolute atomic E-state index is 0.0349. The first-order valence-corrected chi connectivity index (χ1v) is 4.14. The molecule has 0 aromatic carbocycles. The third-order valence-electron chi connectivity index (χ3n) is 2.17. The van der Waals surface area contributed by atoms with Crippen molar-refractivity contribution < 1.29 is 9.47 Å². The van der Waals surface area contributed by atoms with Crippen molar-refractivity contribution in [2.75, 3.05) is 13.7 Å². The van der Waals surface area contributed by atoms with Crippen LogP contribution in [0.2, 0.25) is 0 Å². The first-order valence-electron chi connectivity index (χ1n) is 4.14. The van der Waals surface area contributed by atoms with Gasteiger partial charge < -0.3 is 15.2 Å². The maximum absolute atomic E-state index is 5.57. The summed E-state index contributed by atoms with van der Waals surface area (Å²) in [4.78, 5) is 0. The van der Waals surface area contributed by atoms with Gasteiger partial charge in [0.15, 0.2) is 6.29 Å². The minimum Gasteiger partial charge on any atom is -0.356 e. The first-order chi connectivity index (χ1) is 5.26. The van der Waals surface area contributed by atoms with Gasteiger partial charge in [0.2, 0.25) is 0 Å². The summed E-state index contributed by atoms with van der Waals surface area (Å²) < 4.78 is 10.6. The van der Waals surface area contributed by atoms with E-state index in [1.165, 1.54) is 0 Å². The molecule has 3 heteroatoms. The SMILES string of the molecule is COC1CC(CN)CC(C)O1. The second-order valence-corrected chi connectivity index (χ2v) is 3.19. The molecule has 2 N–H and O–H groups in total. The molecule has 3 atom stereocenters. The Balaban J connectivity index is 2.37. The number of methoxy groups -OCH3 is 1. The van der Waals surface area contributed by atoms with E-state index >= 15 is 0 Å². The molecule has 3 unspecified atom stereocenters. The van der Waals surface area contributed by atoms with Gasteiger partial charge in [-0.2, -0.15) is 0 Å². The summed E-state index contributed by atoms with van der Waals surface area (Å²) in [6.45, 7) is 2.81. The lowest BCUT2D eigenvalue weighted by atomic mass is 9.96. The highest BCUT2D eigenvalue weighted by Gasteiger charge is 2.25. The average molecular weight is 159 g/mol. The van der Waals surface area contributed by atoms with E-state index in [9.17, 15) is 0 Å². The standard InChI is InChI=1S/C8H17NO2/c1-6-3-7(5-9)4-8(10-2)11-6/h6-8H,3-5,9H2,1-2H3. The molecule has 1 heterocycles. The molecule has 1 rings (SSSR count). The van der Waals surface area contributed by atoms with Crippen LogP contribution in [0.5, 0.6) is 0 Å². The topological polar surface area (TPSA) is 44.5 Å². The molecule has 3 nitrogen and oxygen atoms in total.